The third-order valence-electron chi connectivity index (χ3n) is 4.11. The zero-order valence-corrected chi connectivity index (χ0v) is 15.3. The van der Waals surface area contributed by atoms with Crippen molar-refractivity contribution < 1.29 is 4.79 Å². The predicted octanol–water partition coefficient (Wildman–Crippen LogP) is 4.09. The number of hydrogen-bond donors (Lipinski definition) is 1. The highest BCUT2D eigenvalue weighted by Crippen LogP contribution is 2.19. The molecule has 0 unspecified atom stereocenters. The summed E-state index contributed by atoms with van der Waals surface area (Å²) in [6, 6.07) is 22.9. The van der Waals surface area contributed by atoms with Crippen molar-refractivity contribution in [2.75, 3.05) is 24.3 Å². The molecule has 2 aromatic carbocycles. The number of nitriles is 1. The molecule has 0 spiro atoms. The molecule has 1 amide bonds. The van der Waals surface area contributed by atoms with Crippen LogP contribution in [0.5, 0.6) is 0 Å². The molecule has 0 saturated carbocycles. The Balaban J connectivity index is 1.87. The Hall–Kier alpha value is -3.78. The van der Waals surface area contributed by atoms with Gasteiger partial charge < -0.3 is 14.8 Å². The maximum atomic E-state index is 12.4. The van der Waals surface area contributed by atoms with E-state index >= 15 is 0 Å². The fourth-order valence-electron chi connectivity index (χ4n) is 2.67. The van der Waals surface area contributed by atoms with Crippen molar-refractivity contribution in [3.05, 3.63) is 84.2 Å². The van der Waals surface area contributed by atoms with Gasteiger partial charge in [0.15, 0.2) is 0 Å². The molecule has 0 saturated heterocycles. The lowest BCUT2D eigenvalue weighted by atomic mass is 10.2. The smallest absolute Gasteiger partial charge is 0.266 e. The van der Waals surface area contributed by atoms with E-state index in [1.54, 1.807) is 18.2 Å². The molecule has 0 atom stereocenters. The molecule has 5 heteroatoms. The molecule has 3 rings (SSSR count). The first-order chi connectivity index (χ1) is 13.1. The third kappa shape index (κ3) is 4.25. The summed E-state index contributed by atoms with van der Waals surface area (Å²) in [6.07, 6.45) is 3.50. The Bertz CT molecular complexity index is 993. The molecule has 134 valence electrons. The number of nitrogens with zero attached hydrogens (tertiary/aromatic N) is 3. The van der Waals surface area contributed by atoms with E-state index in [1.807, 2.05) is 90.4 Å². The largest absolute Gasteiger partial charge is 0.378 e. The molecule has 0 aliphatic rings. The molecule has 0 aliphatic carbocycles. The van der Waals surface area contributed by atoms with Gasteiger partial charge in [-0.05, 0) is 54.6 Å². The first-order valence-corrected chi connectivity index (χ1v) is 8.52. The van der Waals surface area contributed by atoms with Gasteiger partial charge in [-0.25, -0.2) is 0 Å². The third-order valence-corrected chi connectivity index (χ3v) is 4.11. The average molecular weight is 356 g/mol. The number of carbonyl (C=O) groups excluding carboxylic acids is 1. The van der Waals surface area contributed by atoms with Crippen molar-refractivity contribution in [2.45, 2.75) is 0 Å². The van der Waals surface area contributed by atoms with Crippen LogP contribution in [0.2, 0.25) is 0 Å². The topological polar surface area (TPSA) is 61.1 Å². The summed E-state index contributed by atoms with van der Waals surface area (Å²) >= 11 is 0. The van der Waals surface area contributed by atoms with Crippen molar-refractivity contribution in [1.29, 1.82) is 5.26 Å². The molecule has 3 aromatic rings. The SMILES string of the molecule is CN(C)c1ccc(-n2cccc2/C=C(\C#N)C(=O)Nc2ccccc2)cc1. The summed E-state index contributed by atoms with van der Waals surface area (Å²) < 4.78 is 1.94. The summed E-state index contributed by atoms with van der Waals surface area (Å²) in [7, 11) is 3.98. The van der Waals surface area contributed by atoms with E-state index in [2.05, 4.69) is 5.32 Å². The van der Waals surface area contributed by atoms with Crippen molar-refractivity contribution in [2.24, 2.45) is 0 Å². The molecule has 1 heterocycles. The maximum Gasteiger partial charge on any atom is 0.266 e. The standard InChI is InChI=1S/C22H20N4O/c1-25(2)19-10-12-20(13-11-19)26-14-6-9-21(26)15-17(16-23)22(27)24-18-7-4-3-5-8-18/h3-15H,1-2H3,(H,24,27)/b17-15+. The van der Waals surface area contributed by atoms with Gasteiger partial charge in [-0.3, -0.25) is 4.79 Å². The monoisotopic (exact) mass is 356 g/mol. The Kier molecular flexibility index (Phi) is 5.38. The van der Waals surface area contributed by atoms with Crippen LogP contribution < -0.4 is 10.2 Å². The number of amides is 1. The second-order valence-electron chi connectivity index (χ2n) is 6.20. The van der Waals surface area contributed by atoms with Gasteiger partial charge in [-0.1, -0.05) is 18.2 Å². The van der Waals surface area contributed by atoms with E-state index in [4.69, 9.17) is 0 Å². The maximum absolute atomic E-state index is 12.4. The summed E-state index contributed by atoms with van der Waals surface area (Å²) in [6.45, 7) is 0. The number of carbonyl (C=O) groups is 1. The van der Waals surface area contributed by atoms with Gasteiger partial charge in [-0.2, -0.15) is 5.26 Å². The minimum Gasteiger partial charge on any atom is -0.378 e. The summed E-state index contributed by atoms with van der Waals surface area (Å²) in [5, 5.41) is 12.2. The van der Waals surface area contributed by atoms with Gasteiger partial charge in [-0.15, -0.1) is 0 Å². The van der Waals surface area contributed by atoms with E-state index in [-0.39, 0.29) is 5.57 Å². The fourth-order valence-corrected chi connectivity index (χ4v) is 2.67. The summed E-state index contributed by atoms with van der Waals surface area (Å²) in [5.74, 6) is -0.431. The van der Waals surface area contributed by atoms with Crippen LogP contribution in [0.1, 0.15) is 5.69 Å². The second kappa shape index (κ2) is 8.07. The average Bonchev–Trinajstić information content (AvgIpc) is 3.15. The van der Waals surface area contributed by atoms with Crippen molar-refractivity contribution in [3.63, 3.8) is 0 Å². The fraction of sp³-hybridized carbons (Fsp3) is 0.0909. The molecular weight excluding hydrogens is 336 g/mol. The highest BCUT2D eigenvalue weighted by Gasteiger charge is 2.11. The molecule has 0 bridgehead atoms. The minimum atomic E-state index is -0.431. The first-order valence-electron chi connectivity index (χ1n) is 8.52. The predicted molar refractivity (Wildman–Crippen MR) is 109 cm³/mol. The van der Waals surface area contributed by atoms with Gasteiger partial charge in [0.2, 0.25) is 0 Å². The van der Waals surface area contributed by atoms with Crippen LogP contribution in [0.15, 0.2) is 78.5 Å². The number of aromatic nitrogens is 1. The van der Waals surface area contributed by atoms with E-state index in [9.17, 15) is 10.1 Å². The molecular formula is C22H20N4O. The lowest BCUT2D eigenvalue weighted by Gasteiger charge is -2.14. The van der Waals surface area contributed by atoms with Crippen LogP contribution in [0.25, 0.3) is 11.8 Å². The highest BCUT2D eigenvalue weighted by molar-refractivity contribution is 6.09. The molecule has 0 radical (unpaired) electrons. The molecule has 1 N–H and O–H groups in total. The first kappa shape index (κ1) is 18.0. The number of anilines is 2. The molecule has 0 fully saturated rings. The van der Waals surface area contributed by atoms with Gasteiger partial charge in [0.05, 0.1) is 0 Å². The van der Waals surface area contributed by atoms with Crippen molar-refractivity contribution in [1.82, 2.24) is 4.57 Å². The van der Waals surface area contributed by atoms with Crippen LogP contribution in [-0.2, 0) is 4.79 Å². The highest BCUT2D eigenvalue weighted by atomic mass is 16.1. The van der Waals surface area contributed by atoms with Gasteiger partial charge >= 0.3 is 0 Å². The van der Waals surface area contributed by atoms with Gasteiger partial charge in [0.25, 0.3) is 5.91 Å². The summed E-state index contributed by atoms with van der Waals surface area (Å²) in [4.78, 5) is 14.5. The number of nitrogens with one attached hydrogen (secondary N) is 1. The van der Waals surface area contributed by atoms with Gasteiger partial charge in [0.1, 0.15) is 11.6 Å². The van der Waals surface area contributed by atoms with Crippen LogP contribution in [0.4, 0.5) is 11.4 Å². The lowest BCUT2D eigenvalue weighted by Crippen LogP contribution is -2.13. The van der Waals surface area contributed by atoms with Gasteiger partial charge in [0, 0.05) is 43.0 Å². The Labute approximate surface area is 158 Å². The zero-order chi connectivity index (χ0) is 19.2. The van der Waals surface area contributed by atoms with Crippen LogP contribution >= 0.6 is 0 Å². The molecule has 27 heavy (non-hydrogen) atoms. The van der Waals surface area contributed by atoms with E-state index < -0.39 is 5.91 Å². The minimum absolute atomic E-state index is 0.0451. The Morgan fingerprint density at radius 1 is 1.04 bits per heavy atom. The Morgan fingerprint density at radius 2 is 1.74 bits per heavy atom. The lowest BCUT2D eigenvalue weighted by molar-refractivity contribution is -0.112. The number of para-hydroxylation sites is 1. The number of benzene rings is 2. The van der Waals surface area contributed by atoms with Crippen LogP contribution in [-0.4, -0.2) is 24.6 Å². The number of hydrogen-bond acceptors (Lipinski definition) is 3. The Morgan fingerprint density at radius 3 is 2.37 bits per heavy atom. The number of rotatable bonds is 5. The molecule has 1 aromatic heterocycles. The normalized spacial score (nSPS) is 10.9. The van der Waals surface area contributed by atoms with Crippen molar-refractivity contribution in [3.8, 4) is 11.8 Å². The zero-order valence-electron chi connectivity index (χ0n) is 15.3. The van der Waals surface area contributed by atoms with E-state index in [0.29, 0.717) is 5.69 Å². The van der Waals surface area contributed by atoms with Crippen LogP contribution in [0, 0.1) is 11.3 Å². The van der Waals surface area contributed by atoms with E-state index in [0.717, 1.165) is 17.1 Å². The van der Waals surface area contributed by atoms with E-state index in [1.165, 1.54) is 0 Å². The molecule has 0 aliphatic heterocycles. The quantitative estimate of drug-likeness (QED) is 0.553. The van der Waals surface area contributed by atoms with Crippen molar-refractivity contribution >= 4 is 23.4 Å². The molecule has 5 nitrogen and oxygen atoms in total. The second-order valence-corrected chi connectivity index (χ2v) is 6.20. The van der Waals surface area contributed by atoms with Crippen LogP contribution in [0.3, 0.4) is 0 Å². The summed E-state index contributed by atoms with van der Waals surface area (Å²) in [5.41, 5.74) is 3.51.